The number of hydrogen-bond donors (Lipinski definition) is 1. The summed E-state index contributed by atoms with van der Waals surface area (Å²) in [7, 11) is 1.53. The number of methoxy groups -OCH3 is 1. The Labute approximate surface area is 186 Å². The summed E-state index contributed by atoms with van der Waals surface area (Å²) in [6, 6.07) is 12.2. The molecule has 8 heteroatoms. The molecule has 1 N–H and O–H groups in total. The van der Waals surface area contributed by atoms with E-state index in [0.29, 0.717) is 35.0 Å². The van der Waals surface area contributed by atoms with Crippen molar-refractivity contribution in [2.45, 2.75) is 26.3 Å². The van der Waals surface area contributed by atoms with Gasteiger partial charge in [0.05, 0.1) is 25.1 Å². The lowest BCUT2D eigenvalue weighted by molar-refractivity contribution is -0.143. The van der Waals surface area contributed by atoms with Gasteiger partial charge in [0, 0.05) is 6.08 Å². The first-order chi connectivity index (χ1) is 15.3. The minimum absolute atomic E-state index is 0.319. The maximum Gasteiger partial charge on any atom is 0.331 e. The van der Waals surface area contributed by atoms with Gasteiger partial charge in [-0.2, -0.15) is 0 Å². The normalized spacial score (nSPS) is 14.5. The quantitative estimate of drug-likeness (QED) is 0.526. The minimum atomic E-state index is -1.13. The number of ether oxygens (including phenoxy) is 3. The van der Waals surface area contributed by atoms with E-state index in [-0.39, 0.29) is 5.91 Å². The van der Waals surface area contributed by atoms with Gasteiger partial charge in [0.15, 0.2) is 18.1 Å². The number of carbonyl (C=O) groups is 3. The summed E-state index contributed by atoms with van der Waals surface area (Å²) in [5.74, 6) is -0.351. The molecule has 0 unspecified atom stereocenters. The van der Waals surface area contributed by atoms with E-state index in [1.54, 1.807) is 62.4 Å². The van der Waals surface area contributed by atoms with E-state index >= 15 is 0 Å². The van der Waals surface area contributed by atoms with Gasteiger partial charge in [-0.25, -0.2) is 4.79 Å². The molecule has 0 radical (unpaired) electrons. The van der Waals surface area contributed by atoms with Crippen LogP contribution in [0, 0.1) is 0 Å². The average molecular weight is 438 g/mol. The maximum atomic E-state index is 12.9. The van der Waals surface area contributed by atoms with E-state index in [1.807, 2.05) is 6.92 Å². The molecule has 1 heterocycles. The van der Waals surface area contributed by atoms with Gasteiger partial charge in [-0.15, -0.1) is 0 Å². The van der Waals surface area contributed by atoms with Crippen molar-refractivity contribution in [2.75, 3.05) is 30.5 Å². The number of fused-ring (bicyclic) bond motifs is 1. The standard InChI is InChI=1S/C24H26N2O6/c1-5-31-19-12-10-16(14-20(19)30-4)11-13-22(28)32-15-21(27)26-18-9-7-6-8-17(18)25-23(29)24(26,2)3/h6-14H,5,15H2,1-4H3,(H,25,29)/b13-11+. The van der Waals surface area contributed by atoms with Crippen molar-refractivity contribution in [3.8, 4) is 11.5 Å². The summed E-state index contributed by atoms with van der Waals surface area (Å²) < 4.78 is 15.9. The first-order valence-corrected chi connectivity index (χ1v) is 10.2. The number of benzene rings is 2. The molecule has 1 aliphatic rings. The van der Waals surface area contributed by atoms with Crippen molar-refractivity contribution in [1.29, 1.82) is 0 Å². The van der Waals surface area contributed by atoms with Crippen LogP contribution in [-0.4, -0.2) is 43.6 Å². The summed E-state index contributed by atoms with van der Waals surface area (Å²) in [6.45, 7) is 5.15. The molecule has 0 bridgehead atoms. The zero-order chi connectivity index (χ0) is 23.3. The Bertz CT molecular complexity index is 1060. The van der Waals surface area contributed by atoms with Crippen molar-refractivity contribution in [2.24, 2.45) is 0 Å². The number of rotatable bonds is 7. The predicted molar refractivity (Wildman–Crippen MR) is 121 cm³/mol. The van der Waals surface area contributed by atoms with Gasteiger partial charge >= 0.3 is 5.97 Å². The van der Waals surface area contributed by atoms with Gasteiger partial charge in [0.25, 0.3) is 5.91 Å². The molecule has 168 valence electrons. The largest absolute Gasteiger partial charge is 0.493 e. The molecule has 32 heavy (non-hydrogen) atoms. The molecule has 8 nitrogen and oxygen atoms in total. The Morgan fingerprint density at radius 3 is 2.59 bits per heavy atom. The van der Waals surface area contributed by atoms with Crippen LogP contribution >= 0.6 is 0 Å². The monoisotopic (exact) mass is 438 g/mol. The Hall–Kier alpha value is -3.81. The first kappa shape index (κ1) is 22.9. The predicted octanol–water partition coefficient (Wildman–Crippen LogP) is 3.41. The molecule has 2 aromatic rings. The van der Waals surface area contributed by atoms with Gasteiger partial charge in [-0.3, -0.25) is 14.5 Å². The average Bonchev–Trinajstić information content (AvgIpc) is 2.77. The molecule has 2 amide bonds. The number of esters is 1. The fourth-order valence-electron chi connectivity index (χ4n) is 3.37. The Morgan fingerprint density at radius 2 is 1.88 bits per heavy atom. The fourth-order valence-corrected chi connectivity index (χ4v) is 3.37. The van der Waals surface area contributed by atoms with Gasteiger partial charge in [-0.05, 0) is 56.7 Å². The molecule has 0 aromatic heterocycles. The van der Waals surface area contributed by atoms with Crippen LogP contribution in [0.2, 0.25) is 0 Å². The molecule has 0 saturated heterocycles. The van der Waals surface area contributed by atoms with E-state index in [2.05, 4.69) is 5.32 Å². The molecular weight excluding hydrogens is 412 g/mol. The van der Waals surface area contributed by atoms with Gasteiger partial charge in [0.1, 0.15) is 5.54 Å². The molecule has 3 rings (SSSR count). The zero-order valence-corrected chi connectivity index (χ0v) is 18.5. The van der Waals surface area contributed by atoms with Crippen molar-refractivity contribution in [3.05, 3.63) is 54.1 Å². The lowest BCUT2D eigenvalue weighted by Crippen LogP contribution is -2.59. The zero-order valence-electron chi connectivity index (χ0n) is 18.5. The molecule has 0 saturated carbocycles. The van der Waals surface area contributed by atoms with Crippen LogP contribution in [0.5, 0.6) is 11.5 Å². The molecule has 2 aromatic carbocycles. The number of nitrogens with one attached hydrogen (secondary N) is 1. The summed E-state index contributed by atoms with van der Waals surface area (Å²) in [4.78, 5) is 38.9. The Balaban J connectivity index is 1.67. The van der Waals surface area contributed by atoms with Crippen LogP contribution < -0.4 is 19.7 Å². The topological polar surface area (TPSA) is 94.2 Å². The molecule has 0 atom stereocenters. The fraction of sp³-hybridized carbons (Fsp3) is 0.292. The molecule has 0 aliphatic carbocycles. The smallest absolute Gasteiger partial charge is 0.331 e. The highest BCUT2D eigenvalue weighted by Gasteiger charge is 2.43. The highest BCUT2D eigenvalue weighted by molar-refractivity contribution is 6.14. The Morgan fingerprint density at radius 1 is 1.12 bits per heavy atom. The third kappa shape index (κ3) is 4.74. The number of anilines is 2. The van der Waals surface area contributed by atoms with E-state index < -0.39 is 24.0 Å². The number of hydrogen-bond acceptors (Lipinski definition) is 6. The molecule has 0 fully saturated rings. The van der Waals surface area contributed by atoms with Crippen LogP contribution in [0.4, 0.5) is 11.4 Å². The molecular formula is C24H26N2O6. The second-order valence-electron chi connectivity index (χ2n) is 7.54. The van der Waals surface area contributed by atoms with Crippen LogP contribution in [0.15, 0.2) is 48.5 Å². The van der Waals surface area contributed by atoms with Crippen LogP contribution in [0.25, 0.3) is 6.08 Å². The first-order valence-electron chi connectivity index (χ1n) is 10.2. The van der Waals surface area contributed by atoms with E-state index in [9.17, 15) is 14.4 Å². The van der Waals surface area contributed by atoms with Gasteiger partial charge < -0.3 is 19.5 Å². The SMILES string of the molecule is CCOc1ccc(/C=C/C(=O)OCC(=O)N2c3ccccc3NC(=O)C2(C)C)cc1OC. The Kier molecular flexibility index (Phi) is 6.82. The highest BCUT2D eigenvalue weighted by Crippen LogP contribution is 2.36. The van der Waals surface area contributed by atoms with E-state index in [4.69, 9.17) is 14.2 Å². The minimum Gasteiger partial charge on any atom is -0.493 e. The second-order valence-corrected chi connectivity index (χ2v) is 7.54. The number of amides is 2. The third-order valence-electron chi connectivity index (χ3n) is 4.99. The number of para-hydroxylation sites is 2. The van der Waals surface area contributed by atoms with Crippen LogP contribution in [0.3, 0.4) is 0 Å². The second kappa shape index (κ2) is 9.55. The number of nitrogens with zero attached hydrogens (tertiary/aromatic N) is 1. The van der Waals surface area contributed by atoms with Gasteiger partial charge in [-0.1, -0.05) is 18.2 Å². The summed E-state index contributed by atoms with van der Waals surface area (Å²) in [5, 5.41) is 2.79. The van der Waals surface area contributed by atoms with Crippen molar-refractivity contribution < 1.29 is 28.6 Å². The van der Waals surface area contributed by atoms with Crippen LogP contribution in [-0.2, 0) is 19.1 Å². The summed E-state index contributed by atoms with van der Waals surface area (Å²) in [5.41, 5.74) is 0.652. The lowest BCUT2D eigenvalue weighted by atomic mass is 9.96. The summed E-state index contributed by atoms with van der Waals surface area (Å²) in [6.07, 6.45) is 2.78. The maximum absolute atomic E-state index is 12.9. The van der Waals surface area contributed by atoms with Crippen molar-refractivity contribution in [3.63, 3.8) is 0 Å². The lowest BCUT2D eigenvalue weighted by Gasteiger charge is -2.41. The van der Waals surface area contributed by atoms with Crippen molar-refractivity contribution >= 4 is 35.2 Å². The van der Waals surface area contributed by atoms with Crippen LogP contribution in [0.1, 0.15) is 26.3 Å². The molecule has 1 aliphatic heterocycles. The van der Waals surface area contributed by atoms with E-state index in [0.717, 1.165) is 0 Å². The molecule has 0 spiro atoms. The summed E-state index contributed by atoms with van der Waals surface area (Å²) >= 11 is 0. The highest BCUT2D eigenvalue weighted by atomic mass is 16.5. The third-order valence-corrected chi connectivity index (χ3v) is 4.99. The van der Waals surface area contributed by atoms with Crippen molar-refractivity contribution in [1.82, 2.24) is 0 Å². The number of carbonyl (C=O) groups excluding carboxylic acids is 3. The van der Waals surface area contributed by atoms with Gasteiger partial charge in [0.2, 0.25) is 5.91 Å². The van der Waals surface area contributed by atoms with E-state index in [1.165, 1.54) is 18.1 Å².